The van der Waals surface area contributed by atoms with E-state index in [0.29, 0.717) is 6.04 Å². The van der Waals surface area contributed by atoms with Crippen molar-refractivity contribution in [3.05, 3.63) is 0 Å². The Labute approximate surface area is 98.6 Å². The van der Waals surface area contributed by atoms with Crippen LogP contribution in [0.4, 0.5) is 4.79 Å². The highest BCUT2D eigenvalue weighted by molar-refractivity contribution is 5.74. The van der Waals surface area contributed by atoms with E-state index < -0.39 is 0 Å². The number of hydrogen-bond acceptors (Lipinski definition) is 1. The largest absolute Gasteiger partial charge is 0.338 e. The van der Waals surface area contributed by atoms with Crippen molar-refractivity contribution in [3.63, 3.8) is 0 Å². The summed E-state index contributed by atoms with van der Waals surface area (Å²) in [5, 5.41) is 3.02. The monoisotopic (exact) mass is 224 g/mol. The zero-order valence-corrected chi connectivity index (χ0v) is 10.5. The zero-order valence-electron chi connectivity index (χ0n) is 10.5. The van der Waals surface area contributed by atoms with Gasteiger partial charge in [0.1, 0.15) is 0 Å². The van der Waals surface area contributed by atoms with Crippen LogP contribution in [0.1, 0.15) is 45.4 Å². The van der Waals surface area contributed by atoms with E-state index in [1.54, 1.807) is 0 Å². The van der Waals surface area contributed by atoms with Gasteiger partial charge in [0.25, 0.3) is 0 Å². The first-order chi connectivity index (χ1) is 7.74. The average molecular weight is 224 g/mol. The molecule has 0 radical (unpaired) electrons. The topological polar surface area (TPSA) is 32.3 Å². The normalized spacial score (nSPS) is 19.9. The molecule has 2 rings (SSSR count). The summed E-state index contributed by atoms with van der Waals surface area (Å²) in [6, 6.07) is 0.666. The van der Waals surface area contributed by atoms with Gasteiger partial charge in [-0.2, -0.15) is 0 Å². The highest BCUT2D eigenvalue weighted by Gasteiger charge is 2.44. The van der Waals surface area contributed by atoms with E-state index in [9.17, 15) is 4.79 Å². The van der Waals surface area contributed by atoms with Crippen LogP contribution in [0.5, 0.6) is 0 Å². The van der Waals surface area contributed by atoms with Gasteiger partial charge < -0.3 is 10.2 Å². The molecule has 0 heterocycles. The molecule has 3 heteroatoms. The fourth-order valence-electron chi connectivity index (χ4n) is 2.53. The molecule has 0 aromatic heterocycles. The maximum absolute atomic E-state index is 11.9. The lowest BCUT2D eigenvalue weighted by Gasteiger charge is -2.28. The third kappa shape index (κ3) is 2.89. The minimum atomic E-state index is 0.136. The van der Waals surface area contributed by atoms with Crippen LogP contribution in [0.3, 0.4) is 0 Å². The third-order valence-electron chi connectivity index (χ3n) is 3.78. The van der Waals surface area contributed by atoms with Crippen molar-refractivity contribution in [2.45, 2.75) is 51.5 Å². The smallest absolute Gasteiger partial charge is 0.317 e. The van der Waals surface area contributed by atoms with Gasteiger partial charge >= 0.3 is 6.03 Å². The molecule has 2 amide bonds. The second-order valence-corrected chi connectivity index (χ2v) is 5.36. The number of nitrogens with one attached hydrogen (secondary N) is 1. The summed E-state index contributed by atoms with van der Waals surface area (Å²) < 4.78 is 0. The Bertz CT molecular complexity index is 234. The molecule has 0 spiro atoms. The van der Waals surface area contributed by atoms with Crippen LogP contribution in [0.25, 0.3) is 0 Å². The first kappa shape index (κ1) is 11.7. The number of unbranched alkanes of at least 4 members (excludes halogenated alkanes) is 1. The highest BCUT2D eigenvalue weighted by Crippen LogP contribution is 2.46. The van der Waals surface area contributed by atoms with E-state index in [2.05, 4.69) is 12.2 Å². The third-order valence-corrected chi connectivity index (χ3v) is 3.78. The Morgan fingerprint density at radius 3 is 2.31 bits per heavy atom. The molecule has 0 aromatic carbocycles. The van der Waals surface area contributed by atoms with E-state index in [-0.39, 0.29) is 6.03 Å². The number of amides is 2. The molecular weight excluding hydrogens is 200 g/mol. The number of hydrogen-bond donors (Lipinski definition) is 1. The summed E-state index contributed by atoms with van der Waals surface area (Å²) in [7, 11) is 1.97. The molecular formula is C13H24N2O. The molecule has 2 fully saturated rings. The van der Waals surface area contributed by atoms with Crippen LogP contribution in [-0.4, -0.2) is 30.6 Å². The van der Waals surface area contributed by atoms with Gasteiger partial charge in [0.2, 0.25) is 0 Å². The molecule has 0 aromatic rings. The van der Waals surface area contributed by atoms with Crippen LogP contribution >= 0.6 is 0 Å². The van der Waals surface area contributed by atoms with Crippen molar-refractivity contribution in [1.82, 2.24) is 10.2 Å². The van der Waals surface area contributed by atoms with Gasteiger partial charge in [-0.3, -0.25) is 0 Å². The minimum absolute atomic E-state index is 0.136. The summed E-state index contributed by atoms with van der Waals surface area (Å²) in [6.07, 6.45) is 7.53. The van der Waals surface area contributed by atoms with E-state index in [1.165, 1.54) is 25.7 Å². The van der Waals surface area contributed by atoms with Gasteiger partial charge in [0, 0.05) is 19.6 Å². The van der Waals surface area contributed by atoms with E-state index in [1.807, 2.05) is 11.9 Å². The predicted octanol–water partition coefficient (Wildman–Crippen LogP) is 2.62. The SMILES string of the molecule is CCCCNC(=O)N(C)C(C1CC1)C1CC1. The molecule has 2 aliphatic carbocycles. The lowest BCUT2D eigenvalue weighted by molar-refractivity contribution is 0.174. The lowest BCUT2D eigenvalue weighted by atomic mass is 10.1. The minimum Gasteiger partial charge on any atom is -0.338 e. The van der Waals surface area contributed by atoms with Gasteiger partial charge in [0.15, 0.2) is 0 Å². The summed E-state index contributed by atoms with van der Waals surface area (Å²) in [6.45, 7) is 2.97. The number of carbonyl (C=O) groups excluding carboxylic acids is 1. The Morgan fingerprint density at radius 1 is 1.31 bits per heavy atom. The van der Waals surface area contributed by atoms with E-state index >= 15 is 0 Å². The second-order valence-electron chi connectivity index (χ2n) is 5.36. The molecule has 0 bridgehead atoms. The van der Waals surface area contributed by atoms with Gasteiger partial charge in [-0.05, 0) is 43.9 Å². The Balaban J connectivity index is 1.79. The first-order valence-corrected chi connectivity index (χ1v) is 6.74. The van der Waals surface area contributed by atoms with Crippen molar-refractivity contribution in [3.8, 4) is 0 Å². The summed E-state index contributed by atoms with van der Waals surface area (Å²) in [5.74, 6) is 1.60. The molecule has 2 saturated carbocycles. The van der Waals surface area contributed by atoms with Gasteiger partial charge in [-0.1, -0.05) is 13.3 Å². The maximum Gasteiger partial charge on any atom is 0.317 e. The summed E-state index contributed by atoms with van der Waals surface area (Å²) in [5.41, 5.74) is 0. The first-order valence-electron chi connectivity index (χ1n) is 6.74. The van der Waals surface area contributed by atoms with Crippen molar-refractivity contribution >= 4 is 6.03 Å². The van der Waals surface area contributed by atoms with Gasteiger partial charge in [0.05, 0.1) is 0 Å². The quantitative estimate of drug-likeness (QED) is 0.691. The number of urea groups is 1. The molecule has 16 heavy (non-hydrogen) atoms. The number of nitrogens with zero attached hydrogens (tertiary/aromatic N) is 1. The Hall–Kier alpha value is -0.730. The zero-order chi connectivity index (χ0) is 11.5. The highest BCUT2D eigenvalue weighted by atomic mass is 16.2. The van der Waals surface area contributed by atoms with Crippen molar-refractivity contribution in [2.24, 2.45) is 11.8 Å². The van der Waals surface area contributed by atoms with Crippen LogP contribution < -0.4 is 5.32 Å². The van der Waals surface area contributed by atoms with E-state index in [0.717, 1.165) is 31.2 Å². The van der Waals surface area contributed by atoms with Crippen LogP contribution in [0.15, 0.2) is 0 Å². The van der Waals surface area contributed by atoms with Crippen LogP contribution in [0.2, 0.25) is 0 Å². The fraction of sp³-hybridized carbons (Fsp3) is 0.923. The van der Waals surface area contributed by atoms with Gasteiger partial charge in [-0.15, -0.1) is 0 Å². The molecule has 3 nitrogen and oxygen atoms in total. The molecule has 2 aliphatic rings. The second kappa shape index (κ2) is 5.07. The lowest BCUT2D eigenvalue weighted by Crippen LogP contribution is -2.45. The van der Waals surface area contributed by atoms with Crippen LogP contribution in [0, 0.1) is 11.8 Å². The molecule has 0 unspecified atom stereocenters. The number of rotatable bonds is 6. The van der Waals surface area contributed by atoms with Crippen molar-refractivity contribution in [2.75, 3.05) is 13.6 Å². The maximum atomic E-state index is 11.9. The summed E-state index contributed by atoms with van der Waals surface area (Å²) in [4.78, 5) is 13.9. The Morgan fingerprint density at radius 2 is 1.88 bits per heavy atom. The average Bonchev–Trinajstić information content (AvgIpc) is 3.12. The van der Waals surface area contributed by atoms with E-state index in [4.69, 9.17) is 0 Å². The molecule has 0 atom stereocenters. The molecule has 1 N–H and O–H groups in total. The molecule has 92 valence electrons. The fourth-order valence-corrected chi connectivity index (χ4v) is 2.53. The van der Waals surface area contributed by atoms with Gasteiger partial charge in [-0.25, -0.2) is 4.79 Å². The van der Waals surface area contributed by atoms with Crippen LogP contribution in [-0.2, 0) is 0 Å². The molecule has 0 saturated heterocycles. The van der Waals surface area contributed by atoms with Crippen molar-refractivity contribution in [1.29, 1.82) is 0 Å². The number of carbonyl (C=O) groups is 1. The Kier molecular flexibility index (Phi) is 3.72. The standard InChI is InChI=1S/C13H24N2O/c1-3-4-9-14-13(16)15(2)12(10-5-6-10)11-7-8-11/h10-12H,3-9H2,1-2H3,(H,14,16). The van der Waals surface area contributed by atoms with Crippen molar-refractivity contribution < 1.29 is 4.79 Å². The summed E-state index contributed by atoms with van der Waals surface area (Å²) >= 11 is 0. The molecule has 0 aliphatic heterocycles. The predicted molar refractivity (Wildman–Crippen MR) is 65.3 cm³/mol.